The van der Waals surface area contributed by atoms with Crippen molar-refractivity contribution < 1.29 is 22.3 Å². The zero-order valence-electron chi connectivity index (χ0n) is 15.4. The first-order valence-corrected chi connectivity index (χ1v) is 9.33. The van der Waals surface area contributed by atoms with Crippen LogP contribution in [0.4, 0.5) is 17.6 Å². The zero-order chi connectivity index (χ0) is 21.3. The number of pyridine rings is 1. The van der Waals surface area contributed by atoms with Gasteiger partial charge in [-0.2, -0.15) is 13.2 Å². The second kappa shape index (κ2) is 7.95. The second-order valence-corrected chi connectivity index (χ2v) is 6.98. The highest BCUT2D eigenvalue weighted by molar-refractivity contribution is 6.31. The van der Waals surface area contributed by atoms with E-state index in [-0.39, 0.29) is 22.7 Å². The molecule has 152 valence electrons. The van der Waals surface area contributed by atoms with Crippen molar-refractivity contribution >= 4 is 22.5 Å². The average molecular weight is 432 g/mol. The van der Waals surface area contributed by atoms with Crippen molar-refractivity contribution in [3.8, 4) is 16.9 Å². The Morgan fingerprint density at radius 3 is 2.47 bits per heavy atom. The Kier molecular flexibility index (Phi) is 5.35. The van der Waals surface area contributed by atoms with E-state index < -0.39 is 17.6 Å². The van der Waals surface area contributed by atoms with E-state index >= 15 is 0 Å². The third-order valence-corrected chi connectivity index (χ3v) is 5.02. The SMILES string of the molecule is Fc1cccc(Cl)c1COc1cccc(-c2ccnc3c(C(F)(F)F)cccc23)c1. The van der Waals surface area contributed by atoms with Crippen LogP contribution in [0, 0.1) is 5.82 Å². The van der Waals surface area contributed by atoms with E-state index in [1.54, 1.807) is 42.5 Å². The van der Waals surface area contributed by atoms with Crippen LogP contribution in [0.1, 0.15) is 11.1 Å². The van der Waals surface area contributed by atoms with Crippen LogP contribution in [0.25, 0.3) is 22.0 Å². The molecule has 7 heteroatoms. The lowest BCUT2D eigenvalue weighted by atomic mass is 9.99. The van der Waals surface area contributed by atoms with Crippen molar-refractivity contribution in [3.63, 3.8) is 0 Å². The van der Waals surface area contributed by atoms with Gasteiger partial charge in [0.05, 0.1) is 16.1 Å². The average Bonchev–Trinajstić information content (AvgIpc) is 2.72. The van der Waals surface area contributed by atoms with Crippen molar-refractivity contribution in [2.24, 2.45) is 0 Å². The summed E-state index contributed by atoms with van der Waals surface area (Å²) < 4.78 is 59.7. The fraction of sp³-hybridized carbons (Fsp3) is 0.0870. The Balaban J connectivity index is 1.70. The van der Waals surface area contributed by atoms with Crippen molar-refractivity contribution in [2.75, 3.05) is 0 Å². The molecule has 2 nitrogen and oxygen atoms in total. The Bertz CT molecular complexity index is 1200. The number of aromatic nitrogens is 1. The lowest BCUT2D eigenvalue weighted by Gasteiger charge is -2.13. The van der Waals surface area contributed by atoms with Gasteiger partial charge < -0.3 is 4.74 Å². The highest BCUT2D eigenvalue weighted by Gasteiger charge is 2.33. The molecule has 0 atom stereocenters. The predicted octanol–water partition coefficient (Wildman–Crippen LogP) is 7.29. The largest absolute Gasteiger partial charge is 0.489 e. The van der Waals surface area contributed by atoms with Gasteiger partial charge in [-0.3, -0.25) is 4.98 Å². The molecule has 0 saturated carbocycles. The van der Waals surface area contributed by atoms with E-state index in [0.29, 0.717) is 22.3 Å². The Hall–Kier alpha value is -3.12. The Labute approximate surface area is 174 Å². The molecule has 30 heavy (non-hydrogen) atoms. The fourth-order valence-electron chi connectivity index (χ4n) is 3.24. The number of halogens is 5. The highest BCUT2D eigenvalue weighted by Crippen LogP contribution is 2.37. The van der Waals surface area contributed by atoms with Crippen LogP contribution in [-0.4, -0.2) is 4.98 Å². The number of nitrogens with zero attached hydrogens (tertiary/aromatic N) is 1. The highest BCUT2D eigenvalue weighted by atomic mass is 35.5. The predicted molar refractivity (Wildman–Crippen MR) is 108 cm³/mol. The molecule has 0 N–H and O–H groups in total. The molecule has 0 radical (unpaired) electrons. The number of hydrogen-bond acceptors (Lipinski definition) is 2. The molecule has 0 spiro atoms. The lowest BCUT2D eigenvalue weighted by Crippen LogP contribution is -2.06. The number of ether oxygens (including phenoxy) is 1. The normalized spacial score (nSPS) is 11.6. The Morgan fingerprint density at radius 2 is 1.70 bits per heavy atom. The van der Waals surface area contributed by atoms with Gasteiger partial charge in [-0.1, -0.05) is 41.9 Å². The Morgan fingerprint density at radius 1 is 0.933 bits per heavy atom. The summed E-state index contributed by atoms with van der Waals surface area (Å²) in [6.07, 6.45) is -3.16. The van der Waals surface area contributed by atoms with Gasteiger partial charge in [0, 0.05) is 17.1 Å². The van der Waals surface area contributed by atoms with E-state index in [2.05, 4.69) is 4.98 Å². The van der Waals surface area contributed by atoms with Gasteiger partial charge in [0.15, 0.2) is 0 Å². The topological polar surface area (TPSA) is 22.1 Å². The molecule has 3 aromatic carbocycles. The summed E-state index contributed by atoms with van der Waals surface area (Å²) in [4.78, 5) is 3.94. The maximum Gasteiger partial charge on any atom is 0.418 e. The van der Waals surface area contributed by atoms with Crippen LogP contribution in [0.2, 0.25) is 5.02 Å². The van der Waals surface area contributed by atoms with Crippen molar-refractivity contribution in [1.82, 2.24) is 4.98 Å². The van der Waals surface area contributed by atoms with Crippen LogP contribution in [0.5, 0.6) is 5.75 Å². The first-order valence-electron chi connectivity index (χ1n) is 8.95. The smallest absolute Gasteiger partial charge is 0.418 e. The molecule has 4 aromatic rings. The zero-order valence-corrected chi connectivity index (χ0v) is 16.1. The number of rotatable bonds is 4. The molecule has 0 aliphatic rings. The summed E-state index contributed by atoms with van der Waals surface area (Å²) in [6.45, 7) is -0.0791. The molecule has 1 aromatic heterocycles. The quantitative estimate of drug-likeness (QED) is 0.316. The van der Waals surface area contributed by atoms with Crippen LogP contribution in [0.3, 0.4) is 0 Å². The first-order chi connectivity index (χ1) is 14.3. The van der Waals surface area contributed by atoms with Gasteiger partial charge in [0.25, 0.3) is 0 Å². The molecule has 0 aliphatic heterocycles. The van der Waals surface area contributed by atoms with E-state index in [0.717, 1.165) is 6.07 Å². The van der Waals surface area contributed by atoms with Gasteiger partial charge in [-0.15, -0.1) is 0 Å². The van der Waals surface area contributed by atoms with E-state index in [1.165, 1.54) is 24.4 Å². The molecule has 0 fully saturated rings. The van der Waals surface area contributed by atoms with Crippen molar-refractivity contribution in [1.29, 1.82) is 0 Å². The number of fused-ring (bicyclic) bond motifs is 1. The summed E-state index contributed by atoms with van der Waals surface area (Å²) in [5.74, 6) is -0.0396. The molecule has 4 rings (SSSR count). The van der Waals surface area contributed by atoms with Crippen LogP contribution in [-0.2, 0) is 12.8 Å². The van der Waals surface area contributed by atoms with Crippen molar-refractivity contribution in [2.45, 2.75) is 12.8 Å². The number of benzene rings is 3. The van der Waals surface area contributed by atoms with Gasteiger partial charge in [-0.05, 0) is 47.5 Å². The number of para-hydroxylation sites is 1. The van der Waals surface area contributed by atoms with Crippen LogP contribution in [0.15, 0.2) is 72.9 Å². The van der Waals surface area contributed by atoms with Crippen LogP contribution >= 0.6 is 11.6 Å². The maximum atomic E-state index is 13.9. The molecular weight excluding hydrogens is 418 g/mol. The molecule has 0 aliphatic carbocycles. The fourth-order valence-corrected chi connectivity index (χ4v) is 3.45. The van der Waals surface area contributed by atoms with Crippen LogP contribution < -0.4 is 4.74 Å². The summed E-state index contributed by atoms with van der Waals surface area (Å²) in [6, 6.07) is 16.8. The molecular formula is C23H14ClF4NO. The van der Waals surface area contributed by atoms with Gasteiger partial charge >= 0.3 is 6.18 Å². The first kappa shape index (κ1) is 20.2. The summed E-state index contributed by atoms with van der Waals surface area (Å²) in [5.41, 5.74) is 0.559. The number of hydrogen-bond donors (Lipinski definition) is 0. The lowest BCUT2D eigenvalue weighted by molar-refractivity contribution is -0.136. The van der Waals surface area contributed by atoms with Gasteiger partial charge in [0.2, 0.25) is 0 Å². The standard InChI is InChI=1S/C23H14ClF4NO/c24-20-8-3-9-21(25)18(20)13-30-15-5-1-4-14(12-15)16-10-11-29-22-17(16)6-2-7-19(22)23(26,27)28/h1-12H,13H2. The van der Waals surface area contributed by atoms with Gasteiger partial charge in [-0.25, -0.2) is 4.39 Å². The van der Waals surface area contributed by atoms with Gasteiger partial charge in [0.1, 0.15) is 18.2 Å². The summed E-state index contributed by atoms with van der Waals surface area (Å²) >= 11 is 6.02. The molecule has 0 saturated heterocycles. The number of alkyl halides is 3. The van der Waals surface area contributed by atoms with E-state index in [1.807, 2.05) is 0 Å². The minimum Gasteiger partial charge on any atom is -0.489 e. The minimum atomic E-state index is -4.50. The maximum absolute atomic E-state index is 13.9. The molecule has 0 bridgehead atoms. The van der Waals surface area contributed by atoms with E-state index in [9.17, 15) is 17.6 Å². The molecule has 0 amide bonds. The summed E-state index contributed by atoms with van der Waals surface area (Å²) in [5, 5.41) is 0.632. The summed E-state index contributed by atoms with van der Waals surface area (Å²) in [7, 11) is 0. The third-order valence-electron chi connectivity index (χ3n) is 4.67. The minimum absolute atomic E-state index is 0.0791. The van der Waals surface area contributed by atoms with Crippen molar-refractivity contribution in [3.05, 3.63) is 94.9 Å². The second-order valence-electron chi connectivity index (χ2n) is 6.57. The van der Waals surface area contributed by atoms with E-state index in [4.69, 9.17) is 16.3 Å². The molecule has 1 heterocycles. The third kappa shape index (κ3) is 3.96. The monoisotopic (exact) mass is 431 g/mol. The molecule has 0 unspecified atom stereocenters.